The molecule has 0 heterocycles. The molecule has 3 aromatic rings. The number of aromatic hydroxyl groups is 1. The van der Waals surface area contributed by atoms with E-state index in [4.69, 9.17) is 4.74 Å². The van der Waals surface area contributed by atoms with Gasteiger partial charge in [0.1, 0.15) is 31.0 Å². The number of phenols is 1. The van der Waals surface area contributed by atoms with E-state index in [1.807, 2.05) is 62.4 Å². The van der Waals surface area contributed by atoms with Gasteiger partial charge in [-0.15, -0.1) is 0 Å². The average molecular weight is 574 g/mol. The number of benzene rings is 3. The molecule has 3 amide bonds. The summed E-state index contributed by atoms with van der Waals surface area (Å²) in [5.74, 6) is -2.57. The number of amides is 3. The SMILES string of the molecule is CC(C)C[C@@H](NC(=O)CNC(=O)OCC1c2ccccc2-c2ccccc21)C(=O)N[C@@H](Cc1ccc(O)cc1)C(=O)O. The van der Waals surface area contributed by atoms with Crippen LogP contribution in [0.3, 0.4) is 0 Å². The lowest BCUT2D eigenvalue weighted by molar-refractivity contribution is -0.142. The van der Waals surface area contributed by atoms with Gasteiger partial charge < -0.3 is 30.9 Å². The van der Waals surface area contributed by atoms with Gasteiger partial charge in [0.05, 0.1) is 0 Å². The summed E-state index contributed by atoms with van der Waals surface area (Å²) >= 11 is 0. The van der Waals surface area contributed by atoms with Crippen molar-refractivity contribution in [3.05, 3.63) is 89.5 Å². The molecule has 2 atom stereocenters. The fourth-order valence-corrected chi connectivity index (χ4v) is 5.09. The van der Waals surface area contributed by atoms with E-state index in [2.05, 4.69) is 16.0 Å². The van der Waals surface area contributed by atoms with Gasteiger partial charge in [0, 0.05) is 12.3 Å². The number of carboxylic acids is 1. The Labute approximate surface area is 244 Å². The zero-order chi connectivity index (χ0) is 30.2. The highest BCUT2D eigenvalue weighted by Gasteiger charge is 2.30. The number of phenolic OH excluding ortho intramolecular Hbond substituents is 1. The maximum Gasteiger partial charge on any atom is 0.407 e. The van der Waals surface area contributed by atoms with Gasteiger partial charge in [0.15, 0.2) is 0 Å². The number of fused-ring (bicyclic) bond motifs is 3. The summed E-state index contributed by atoms with van der Waals surface area (Å²) in [4.78, 5) is 50.0. The van der Waals surface area contributed by atoms with Gasteiger partial charge in [0.2, 0.25) is 11.8 Å². The van der Waals surface area contributed by atoms with Crippen molar-refractivity contribution < 1.29 is 34.1 Å². The lowest BCUT2D eigenvalue weighted by atomic mass is 9.98. The van der Waals surface area contributed by atoms with Crippen LogP contribution in [0.4, 0.5) is 4.79 Å². The fourth-order valence-electron chi connectivity index (χ4n) is 5.09. The lowest BCUT2D eigenvalue weighted by Gasteiger charge is -2.23. The number of aliphatic carboxylic acids is 1. The molecule has 0 unspecified atom stereocenters. The van der Waals surface area contributed by atoms with Crippen LogP contribution < -0.4 is 16.0 Å². The van der Waals surface area contributed by atoms with Gasteiger partial charge in [-0.2, -0.15) is 0 Å². The predicted molar refractivity (Wildman–Crippen MR) is 156 cm³/mol. The van der Waals surface area contributed by atoms with Gasteiger partial charge in [0.25, 0.3) is 0 Å². The molecule has 0 aliphatic heterocycles. The Balaban J connectivity index is 1.30. The summed E-state index contributed by atoms with van der Waals surface area (Å²) in [5, 5.41) is 26.6. The molecule has 220 valence electrons. The van der Waals surface area contributed by atoms with Gasteiger partial charge in [-0.3, -0.25) is 9.59 Å². The Bertz CT molecular complexity index is 1390. The Hall–Kier alpha value is -4.86. The van der Waals surface area contributed by atoms with E-state index in [1.54, 1.807) is 12.1 Å². The second kappa shape index (κ2) is 13.7. The number of ether oxygens (including phenoxy) is 1. The van der Waals surface area contributed by atoms with E-state index in [9.17, 15) is 29.4 Å². The van der Waals surface area contributed by atoms with Gasteiger partial charge in [-0.1, -0.05) is 74.5 Å². The Kier molecular flexibility index (Phi) is 9.80. The maximum atomic E-state index is 13.0. The van der Waals surface area contributed by atoms with Crippen LogP contribution in [0.1, 0.15) is 42.9 Å². The Morgan fingerprint density at radius 2 is 1.43 bits per heavy atom. The first-order valence-electron chi connectivity index (χ1n) is 13.8. The highest BCUT2D eigenvalue weighted by atomic mass is 16.5. The molecule has 4 rings (SSSR count). The molecular formula is C32H35N3O7. The molecule has 10 heteroatoms. The number of carbonyl (C=O) groups excluding carboxylic acids is 3. The molecule has 1 aliphatic rings. The molecule has 0 bridgehead atoms. The molecule has 10 nitrogen and oxygen atoms in total. The average Bonchev–Trinajstić information content (AvgIpc) is 3.28. The third-order valence-electron chi connectivity index (χ3n) is 7.09. The number of carboxylic acid groups (broad SMARTS) is 1. The van der Waals surface area contributed by atoms with E-state index < -0.39 is 42.5 Å². The number of alkyl carbamates (subject to hydrolysis) is 1. The topological polar surface area (TPSA) is 154 Å². The van der Waals surface area contributed by atoms with Crippen molar-refractivity contribution in [1.82, 2.24) is 16.0 Å². The van der Waals surface area contributed by atoms with Crippen LogP contribution >= 0.6 is 0 Å². The highest BCUT2D eigenvalue weighted by molar-refractivity contribution is 5.91. The van der Waals surface area contributed by atoms with Crippen molar-refractivity contribution in [3.8, 4) is 16.9 Å². The zero-order valence-electron chi connectivity index (χ0n) is 23.5. The number of hydrogen-bond donors (Lipinski definition) is 5. The summed E-state index contributed by atoms with van der Waals surface area (Å²) in [5.41, 5.74) is 4.94. The van der Waals surface area contributed by atoms with Crippen molar-refractivity contribution in [2.45, 2.75) is 44.7 Å². The molecule has 0 radical (unpaired) electrons. The van der Waals surface area contributed by atoms with Crippen molar-refractivity contribution in [2.75, 3.05) is 13.2 Å². The van der Waals surface area contributed by atoms with E-state index in [1.165, 1.54) is 12.1 Å². The number of carbonyl (C=O) groups is 4. The first kappa shape index (κ1) is 30.1. The fraction of sp³-hybridized carbons (Fsp3) is 0.312. The molecule has 0 saturated heterocycles. The molecule has 5 N–H and O–H groups in total. The molecule has 0 saturated carbocycles. The summed E-state index contributed by atoms with van der Waals surface area (Å²) in [7, 11) is 0. The third-order valence-corrected chi connectivity index (χ3v) is 7.09. The Morgan fingerprint density at radius 1 is 0.833 bits per heavy atom. The molecule has 42 heavy (non-hydrogen) atoms. The normalized spacial score (nSPS) is 13.4. The van der Waals surface area contributed by atoms with Crippen LogP contribution in [-0.4, -0.2) is 59.3 Å². The number of nitrogens with one attached hydrogen (secondary N) is 3. The number of hydrogen-bond acceptors (Lipinski definition) is 6. The minimum Gasteiger partial charge on any atom is -0.508 e. The zero-order valence-corrected chi connectivity index (χ0v) is 23.5. The van der Waals surface area contributed by atoms with Gasteiger partial charge in [-0.05, 0) is 52.3 Å². The lowest BCUT2D eigenvalue weighted by Crippen LogP contribution is -2.54. The first-order valence-corrected chi connectivity index (χ1v) is 13.8. The van der Waals surface area contributed by atoms with Crippen LogP contribution in [-0.2, 0) is 25.5 Å². The second-order valence-corrected chi connectivity index (χ2v) is 10.7. The van der Waals surface area contributed by atoms with Crippen molar-refractivity contribution in [3.63, 3.8) is 0 Å². The first-order chi connectivity index (χ1) is 20.1. The second-order valence-electron chi connectivity index (χ2n) is 10.7. The smallest absolute Gasteiger partial charge is 0.407 e. The summed E-state index contributed by atoms with van der Waals surface area (Å²) in [6.07, 6.45) is -0.516. The molecule has 0 aromatic heterocycles. The largest absolute Gasteiger partial charge is 0.508 e. The van der Waals surface area contributed by atoms with Crippen LogP contribution in [0.15, 0.2) is 72.8 Å². The monoisotopic (exact) mass is 573 g/mol. The van der Waals surface area contributed by atoms with Crippen molar-refractivity contribution in [2.24, 2.45) is 5.92 Å². The number of rotatable bonds is 12. The van der Waals surface area contributed by atoms with Crippen LogP contribution in [0.5, 0.6) is 5.75 Å². The molecule has 0 fully saturated rings. The van der Waals surface area contributed by atoms with E-state index in [0.29, 0.717) is 5.56 Å². The standard InChI is InChI=1S/C32H35N3O7/c1-19(2)15-27(30(38)35-28(31(39)40)16-20-11-13-21(36)14-12-20)34-29(37)17-33-32(41)42-18-26-24-9-5-3-7-22(24)23-8-4-6-10-25(23)26/h3-14,19,26-28,36H,15-18H2,1-2H3,(H,33,41)(H,34,37)(H,35,38)(H,39,40)/t27-,28+/m1/s1. The highest BCUT2D eigenvalue weighted by Crippen LogP contribution is 2.44. The van der Waals surface area contributed by atoms with Gasteiger partial charge >= 0.3 is 12.1 Å². The van der Waals surface area contributed by atoms with Gasteiger partial charge in [-0.25, -0.2) is 9.59 Å². The van der Waals surface area contributed by atoms with E-state index >= 15 is 0 Å². The van der Waals surface area contributed by atoms with Crippen LogP contribution in [0.2, 0.25) is 0 Å². The third kappa shape index (κ3) is 7.66. The summed E-state index contributed by atoms with van der Waals surface area (Å²) in [6.45, 7) is 3.41. The minimum absolute atomic E-state index is 0.00691. The summed E-state index contributed by atoms with van der Waals surface area (Å²) < 4.78 is 5.46. The maximum absolute atomic E-state index is 13.0. The van der Waals surface area contributed by atoms with Crippen LogP contribution in [0, 0.1) is 5.92 Å². The molecule has 3 aromatic carbocycles. The van der Waals surface area contributed by atoms with Crippen molar-refractivity contribution in [1.29, 1.82) is 0 Å². The minimum atomic E-state index is -1.24. The Morgan fingerprint density at radius 3 is 2.00 bits per heavy atom. The molecular weight excluding hydrogens is 538 g/mol. The van der Waals surface area contributed by atoms with Crippen LogP contribution in [0.25, 0.3) is 11.1 Å². The molecule has 0 spiro atoms. The summed E-state index contributed by atoms with van der Waals surface area (Å²) in [6, 6.07) is 19.7. The van der Waals surface area contributed by atoms with E-state index in [-0.39, 0.29) is 37.0 Å². The predicted octanol–water partition coefficient (Wildman–Crippen LogP) is 3.57. The van der Waals surface area contributed by atoms with Crippen molar-refractivity contribution >= 4 is 23.9 Å². The molecule has 1 aliphatic carbocycles. The quantitative estimate of drug-likeness (QED) is 0.222. The van der Waals surface area contributed by atoms with E-state index in [0.717, 1.165) is 22.3 Å².